The highest BCUT2D eigenvalue weighted by atomic mass is 32.2. The Balaban J connectivity index is 1.95. The molecular weight excluding hydrogens is 394 g/mol. The van der Waals surface area contributed by atoms with E-state index in [1.165, 1.54) is 10.6 Å². The molecule has 7 nitrogen and oxygen atoms in total. The summed E-state index contributed by atoms with van der Waals surface area (Å²) in [5, 5.41) is 6.34. The van der Waals surface area contributed by atoms with Crippen molar-refractivity contribution in [3.05, 3.63) is 52.4 Å². The predicted molar refractivity (Wildman–Crippen MR) is 113 cm³/mol. The van der Waals surface area contributed by atoms with Gasteiger partial charge in [0.05, 0.1) is 23.8 Å². The molecule has 0 aliphatic rings. The Hall–Kier alpha value is -2.23. The van der Waals surface area contributed by atoms with Gasteiger partial charge in [-0.1, -0.05) is 12.1 Å². The van der Waals surface area contributed by atoms with E-state index in [4.69, 9.17) is 4.99 Å². The number of thiazole rings is 1. The Kier molecular flexibility index (Phi) is 6.17. The minimum absolute atomic E-state index is 0.456. The van der Waals surface area contributed by atoms with Crippen molar-refractivity contribution >= 4 is 27.0 Å². The van der Waals surface area contributed by atoms with Gasteiger partial charge < -0.3 is 4.57 Å². The Morgan fingerprint density at radius 2 is 2.11 bits per heavy atom. The van der Waals surface area contributed by atoms with Crippen molar-refractivity contribution in [3.63, 3.8) is 0 Å². The average molecular weight is 420 g/mol. The van der Waals surface area contributed by atoms with Crippen LogP contribution < -0.4 is 4.80 Å². The van der Waals surface area contributed by atoms with Crippen LogP contribution in [0.4, 0.5) is 5.69 Å². The highest BCUT2D eigenvalue weighted by Gasteiger charge is 2.13. The number of hydrogen-bond donors (Lipinski definition) is 0. The maximum Gasteiger partial charge on any atom is 0.210 e. The second kappa shape index (κ2) is 8.42. The topological polar surface area (TPSA) is 72.5 Å². The lowest BCUT2D eigenvalue weighted by molar-refractivity contribution is 0.449. The molecule has 0 amide bonds. The van der Waals surface area contributed by atoms with Crippen LogP contribution >= 0.6 is 11.3 Å². The fourth-order valence-corrected chi connectivity index (χ4v) is 4.26. The third-order valence-electron chi connectivity index (χ3n) is 4.45. The number of benzene rings is 1. The van der Waals surface area contributed by atoms with Crippen molar-refractivity contribution < 1.29 is 8.42 Å². The summed E-state index contributed by atoms with van der Waals surface area (Å²) < 4.78 is 28.6. The van der Waals surface area contributed by atoms with Gasteiger partial charge in [0.1, 0.15) is 0 Å². The Labute approximate surface area is 169 Å². The van der Waals surface area contributed by atoms with Crippen molar-refractivity contribution in [1.29, 1.82) is 0 Å². The summed E-state index contributed by atoms with van der Waals surface area (Å²) in [5.41, 5.74) is 4.11. The summed E-state index contributed by atoms with van der Waals surface area (Å²) in [6, 6.07) is 8.07. The summed E-state index contributed by atoms with van der Waals surface area (Å²) in [5.74, 6) is 0. The van der Waals surface area contributed by atoms with Crippen molar-refractivity contribution in [2.24, 2.45) is 12.0 Å². The first kappa shape index (κ1) is 20.5. The Morgan fingerprint density at radius 1 is 1.32 bits per heavy atom. The van der Waals surface area contributed by atoms with Crippen LogP contribution in [-0.2, 0) is 23.6 Å². The Morgan fingerprint density at radius 3 is 2.75 bits per heavy atom. The van der Waals surface area contributed by atoms with Crippen LogP contribution in [0.1, 0.15) is 12.0 Å². The molecule has 150 valence electrons. The number of nitrogens with zero attached hydrogens (tertiary/aromatic N) is 5. The highest BCUT2D eigenvalue weighted by molar-refractivity contribution is 7.88. The van der Waals surface area contributed by atoms with Crippen molar-refractivity contribution in [1.82, 2.24) is 18.7 Å². The van der Waals surface area contributed by atoms with E-state index in [9.17, 15) is 8.42 Å². The molecule has 0 atom stereocenters. The molecule has 0 spiro atoms. The average Bonchev–Trinajstić information content (AvgIpc) is 3.20. The Bertz CT molecular complexity index is 1130. The van der Waals surface area contributed by atoms with Gasteiger partial charge in [-0.25, -0.2) is 17.7 Å². The van der Waals surface area contributed by atoms with E-state index in [-0.39, 0.29) is 0 Å². The van der Waals surface area contributed by atoms with Crippen molar-refractivity contribution in [2.75, 3.05) is 19.8 Å². The third-order valence-corrected chi connectivity index (χ3v) is 6.62. The molecule has 2 heterocycles. The van der Waals surface area contributed by atoms with E-state index >= 15 is 0 Å². The highest BCUT2D eigenvalue weighted by Crippen LogP contribution is 2.21. The fraction of sp³-hybridized carbons (Fsp3) is 0.368. The number of hydrogen-bond acceptors (Lipinski definition) is 5. The summed E-state index contributed by atoms with van der Waals surface area (Å²) in [6.45, 7) is 3.17. The summed E-state index contributed by atoms with van der Waals surface area (Å²) >= 11 is 1.57. The molecule has 28 heavy (non-hydrogen) atoms. The molecule has 0 saturated heterocycles. The molecule has 0 aliphatic carbocycles. The molecule has 0 bridgehead atoms. The third kappa shape index (κ3) is 4.98. The van der Waals surface area contributed by atoms with E-state index in [1.807, 2.05) is 50.6 Å². The summed E-state index contributed by atoms with van der Waals surface area (Å²) in [7, 11) is 0.317. The molecule has 0 N–H and O–H groups in total. The van der Waals surface area contributed by atoms with Gasteiger partial charge in [-0.2, -0.15) is 5.10 Å². The minimum atomic E-state index is -3.18. The van der Waals surface area contributed by atoms with Crippen molar-refractivity contribution in [2.45, 2.75) is 19.9 Å². The van der Waals surface area contributed by atoms with Gasteiger partial charge in [0, 0.05) is 44.3 Å². The second-order valence-corrected chi connectivity index (χ2v) is 9.77. The van der Waals surface area contributed by atoms with Gasteiger partial charge >= 0.3 is 0 Å². The molecule has 0 aliphatic heterocycles. The minimum Gasteiger partial charge on any atom is -0.316 e. The van der Waals surface area contributed by atoms with Crippen LogP contribution in [-0.4, -0.2) is 46.9 Å². The summed E-state index contributed by atoms with van der Waals surface area (Å²) in [6.07, 6.45) is 5.72. The van der Waals surface area contributed by atoms with Crippen LogP contribution in [0.2, 0.25) is 0 Å². The molecular formula is C19H25N5O2S2. The fourth-order valence-electron chi connectivity index (χ4n) is 2.84. The van der Waals surface area contributed by atoms with E-state index in [2.05, 4.69) is 15.0 Å². The lowest BCUT2D eigenvalue weighted by Gasteiger charge is -2.14. The second-order valence-electron chi connectivity index (χ2n) is 6.85. The first-order chi connectivity index (χ1) is 13.2. The van der Waals surface area contributed by atoms with Crippen LogP contribution in [0.15, 0.2) is 47.0 Å². The molecule has 0 radical (unpaired) electrons. The molecule has 0 unspecified atom stereocenters. The van der Waals surface area contributed by atoms with Crippen LogP contribution in [0.25, 0.3) is 11.3 Å². The molecule has 3 rings (SSSR count). The van der Waals surface area contributed by atoms with Crippen molar-refractivity contribution in [3.8, 4) is 11.3 Å². The van der Waals surface area contributed by atoms with E-state index in [0.29, 0.717) is 19.5 Å². The molecule has 2 aromatic heterocycles. The molecule has 3 aromatic rings. The molecule has 0 fully saturated rings. The lowest BCUT2D eigenvalue weighted by atomic mass is 10.2. The number of aromatic nitrogens is 3. The smallest absolute Gasteiger partial charge is 0.210 e. The van der Waals surface area contributed by atoms with Crippen LogP contribution in [0, 0.1) is 6.92 Å². The standard InChI is InChI=1S/C19H25N5O2S2/c1-15-7-5-8-17(11-15)21-19-24(10-6-9-23(3)28(4,25)26)18(14-27-19)16-12-20-22(2)13-16/h5,7-8,11-14H,6,9-10H2,1-4H3. The summed E-state index contributed by atoms with van der Waals surface area (Å²) in [4.78, 5) is 5.70. The number of aryl methyl sites for hydroxylation is 2. The number of rotatable bonds is 7. The first-order valence-corrected chi connectivity index (χ1v) is 11.7. The predicted octanol–water partition coefficient (Wildman–Crippen LogP) is 2.77. The zero-order chi connectivity index (χ0) is 20.3. The zero-order valence-corrected chi connectivity index (χ0v) is 18.2. The lowest BCUT2D eigenvalue weighted by Crippen LogP contribution is -2.28. The van der Waals surface area contributed by atoms with Gasteiger partial charge in [-0.05, 0) is 31.0 Å². The maximum atomic E-state index is 11.6. The quantitative estimate of drug-likeness (QED) is 0.591. The molecule has 1 aromatic carbocycles. The number of sulfonamides is 1. The van der Waals surface area contributed by atoms with E-state index in [1.54, 1.807) is 23.1 Å². The van der Waals surface area contributed by atoms with Crippen LogP contribution in [0.3, 0.4) is 0 Å². The van der Waals surface area contributed by atoms with Crippen LogP contribution in [0.5, 0.6) is 0 Å². The zero-order valence-electron chi connectivity index (χ0n) is 16.5. The van der Waals surface area contributed by atoms with Gasteiger partial charge in [-0.15, -0.1) is 11.3 Å². The largest absolute Gasteiger partial charge is 0.316 e. The van der Waals surface area contributed by atoms with E-state index in [0.717, 1.165) is 27.3 Å². The SMILES string of the molecule is Cc1cccc(N=c2scc(-c3cnn(C)c3)n2CCCN(C)S(C)(=O)=O)c1. The van der Waals surface area contributed by atoms with Gasteiger partial charge in [0.25, 0.3) is 0 Å². The maximum absolute atomic E-state index is 11.6. The normalized spacial score (nSPS) is 12.8. The van der Waals surface area contributed by atoms with Gasteiger partial charge in [0.2, 0.25) is 10.0 Å². The monoisotopic (exact) mass is 419 g/mol. The van der Waals surface area contributed by atoms with Gasteiger partial charge in [0.15, 0.2) is 4.80 Å². The molecule has 9 heteroatoms. The van der Waals surface area contributed by atoms with E-state index < -0.39 is 10.0 Å². The first-order valence-electron chi connectivity index (χ1n) is 8.94. The van der Waals surface area contributed by atoms with Gasteiger partial charge in [-0.3, -0.25) is 4.68 Å². The molecule has 0 saturated carbocycles.